The summed E-state index contributed by atoms with van der Waals surface area (Å²) in [6.45, 7) is 4.68. The molecule has 0 aromatic rings. The summed E-state index contributed by atoms with van der Waals surface area (Å²) >= 11 is 0. The summed E-state index contributed by atoms with van der Waals surface area (Å²) < 4.78 is 0. The summed E-state index contributed by atoms with van der Waals surface area (Å²) in [5.74, 6) is -2.17. The van der Waals surface area contributed by atoms with Crippen molar-refractivity contribution < 1.29 is 19.8 Å². The SMILES string of the molecule is C/C(=C\C(C)/C=C(\C)C(=O)O)C(=O)O. The molecule has 0 bridgehead atoms. The van der Waals surface area contributed by atoms with Gasteiger partial charge in [0, 0.05) is 11.1 Å². The molecule has 0 spiro atoms. The third-order valence-corrected chi connectivity index (χ3v) is 1.70. The Balaban J connectivity index is 4.59. The van der Waals surface area contributed by atoms with Crippen molar-refractivity contribution >= 4 is 11.9 Å². The minimum Gasteiger partial charge on any atom is -0.478 e. The first kappa shape index (κ1) is 12.4. The summed E-state index contributed by atoms with van der Waals surface area (Å²) in [6.07, 6.45) is 3.02. The Morgan fingerprint density at radius 3 is 1.50 bits per heavy atom. The molecule has 4 heteroatoms. The van der Waals surface area contributed by atoms with E-state index in [2.05, 4.69) is 0 Å². The molecule has 0 aromatic heterocycles. The molecule has 0 aliphatic heterocycles. The van der Waals surface area contributed by atoms with Crippen LogP contribution in [0.2, 0.25) is 0 Å². The molecule has 0 aliphatic rings. The molecule has 0 unspecified atom stereocenters. The fourth-order valence-corrected chi connectivity index (χ4v) is 0.979. The molecule has 0 fully saturated rings. The smallest absolute Gasteiger partial charge is 0.330 e. The van der Waals surface area contributed by atoms with Crippen molar-refractivity contribution in [3.05, 3.63) is 23.3 Å². The van der Waals surface area contributed by atoms with Crippen LogP contribution in [0.5, 0.6) is 0 Å². The van der Waals surface area contributed by atoms with Gasteiger partial charge in [-0.05, 0) is 19.8 Å². The van der Waals surface area contributed by atoms with Crippen LogP contribution in [0.15, 0.2) is 23.3 Å². The van der Waals surface area contributed by atoms with Crippen LogP contribution < -0.4 is 0 Å². The van der Waals surface area contributed by atoms with E-state index in [4.69, 9.17) is 10.2 Å². The Kier molecular flexibility index (Phi) is 4.63. The number of allylic oxidation sites excluding steroid dienone is 2. The zero-order chi connectivity index (χ0) is 11.3. The number of aliphatic carboxylic acids is 2. The molecule has 4 nitrogen and oxygen atoms in total. The minimum absolute atomic E-state index is 0.192. The van der Waals surface area contributed by atoms with E-state index in [0.29, 0.717) is 0 Å². The molecule has 2 N–H and O–H groups in total. The number of rotatable bonds is 4. The Morgan fingerprint density at radius 1 is 1.00 bits per heavy atom. The average Bonchev–Trinajstić information content (AvgIpc) is 2.03. The highest BCUT2D eigenvalue weighted by molar-refractivity contribution is 5.87. The average molecular weight is 198 g/mol. The van der Waals surface area contributed by atoms with Gasteiger partial charge in [0.05, 0.1) is 0 Å². The van der Waals surface area contributed by atoms with Crippen LogP contribution in [0.25, 0.3) is 0 Å². The normalized spacial score (nSPS) is 13.1. The number of hydrogen-bond donors (Lipinski definition) is 2. The third-order valence-electron chi connectivity index (χ3n) is 1.70. The maximum atomic E-state index is 10.4. The standard InChI is InChI=1S/C10H14O4/c1-6(4-7(2)9(11)12)5-8(3)10(13)14/h4-6H,1-3H3,(H,11,12)(H,13,14)/b7-4+,8-5+. The van der Waals surface area contributed by atoms with E-state index in [1.165, 1.54) is 26.0 Å². The molecule has 0 rings (SSSR count). The first-order valence-electron chi connectivity index (χ1n) is 4.18. The van der Waals surface area contributed by atoms with Crippen molar-refractivity contribution in [3.8, 4) is 0 Å². The largest absolute Gasteiger partial charge is 0.478 e. The molecule has 0 amide bonds. The third kappa shape index (κ3) is 4.45. The Morgan fingerprint density at radius 2 is 1.29 bits per heavy atom. The molecule has 0 aromatic carbocycles. The lowest BCUT2D eigenvalue weighted by atomic mass is 10.1. The zero-order valence-electron chi connectivity index (χ0n) is 8.44. The van der Waals surface area contributed by atoms with Gasteiger partial charge < -0.3 is 10.2 Å². The fourth-order valence-electron chi connectivity index (χ4n) is 0.979. The van der Waals surface area contributed by atoms with Gasteiger partial charge in [-0.3, -0.25) is 0 Å². The van der Waals surface area contributed by atoms with Gasteiger partial charge in [0.25, 0.3) is 0 Å². The molecule has 0 atom stereocenters. The maximum Gasteiger partial charge on any atom is 0.330 e. The minimum atomic E-state index is -0.988. The quantitative estimate of drug-likeness (QED) is 0.674. The summed E-state index contributed by atoms with van der Waals surface area (Å²) in [5, 5.41) is 17.1. The topological polar surface area (TPSA) is 74.6 Å². The lowest BCUT2D eigenvalue weighted by Crippen LogP contribution is -2.01. The van der Waals surface area contributed by atoms with Gasteiger partial charge in [0.2, 0.25) is 0 Å². The number of carbonyl (C=O) groups is 2. The van der Waals surface area contributed by atoms with Gasteiger partial charge in [0.1, 0.15) is 0 Å². The van der Waals surface area contributed by atoms with Crippen molar-refractivity contribution in [1.82, 2.24) is 0 Å². The highest BCUT2D eigenvalue weighted by Crippen LogP contribution is 2.08. The van der Waals surface area contributed by atoms with E-state index in [0.717, 1.165) is 0 Å². The summed E-state index contributed by atoms with van der Waals surface area (Å²) in [4.78, 5) is 20.9. The highest BCUT2D eigenvalue weighted by Gasteiger charge is 2.05. The van der Waals surface area contributed by atoms with Gasteiger partial charge in [-0.25, -0.2) is 9.59 Å². The lowest BCUT2D eigenvalue weighted by Gasteiger charge is -2.01. The molecular weight excluding hydrogens is 184 g/mol. The van der Waals surface area contributed by atoms with Crippen LogP contribution in [-0.4, -0.2) is 22.2 Å². The summed E-state index contributed by atoms with van der Waals surface area (Å²) in [5.41, 5.74) is 0.430. The molecule has 14 heavy (non-hydrogen) atoms. The molecule has 0 radical (unpaired) electrons. The van der Waals surface area contributed by atoms with E-state index in [1.54, 1.807) is 6.92 Å². The second-order valence-corrected chi connectivity index (χ2v) is 3.17. The fraction of sp³-hybridized carbons (Fsp3) is 0.400. The van der Waals surface area contributed by atoms with Gasteiger partial charge in [-0.1, -0.05) is 19.1 Å². The van der Waals surface area contributed by atoms with Crippen molar-refractivity contribution in [2.24, 2.45) is 5.92 Å². The summed E-state index contributed by atoms with van der Waals surface area (Å²) in [6, 6.07) is 0. The maximum absolute atomic E-state index is 10.4. The van der Waals surface area contributed by atoms with Crippen molar-refractivity contribution in [3.63, 3.8) is 0 Å². The molecule has 0 saturated carbocycles. The van der Waals surface area contributed by atoms with Crippen LogP contribution in [0.4, 0.5) is 0 Å². The predicted octanol–water partition coefficient (Wildman–Crippen LogP) is 1.68. The number of carboxylic acids is 2. The molecule has 78 valence electrons. The van der Waals surface area contributed by atoms with Crippen LogP contribution in [0.1, 0.15) is 20.8 Å². The Labute approximate surface area is 82.6 Å². The molecule has 0 aliphatic carbocycles. The van der Waals surface area contributed by atoms with Gasteiger partial charge in [-0.2, -0.15) is 0 Å². The zero-order valence-corrected chi connectivity index (χ0v) is 8.44. The van der Waals surface area contributed by atoms with Crippen molar-refractivity contribution in [2.75, 3.05) is 0 Å². The van der Waals surface area contributed by atoms with Gasteiger partial charge in [-0.15, -0.1) is 0 Å². The summed E-state index contributed by atoms with van der Waals surface area (Å²) in [7, 11) is 0. The van der Waals surface area contributed by atoms with Crippen LogP contribution in [-0.2, 0) is 9.59 Å². The van der Waals surface area contributed by atoms with E-state index in [1.807, 2.05) is 0 Å². The van der Waals surface area contributed by atoms with Gasteiger partial charge in [0.15, 0.2) is 0 Å². The number of carboxylic acid groups (broad SMARTS) is 2. The van der Waals surface area contributed by atoms with Crippen LogP contribution in [0.3, 0.4) is 0 Å². The Hall–Kier alpha value is -1.58. The van der Waals surface area contributed by atoms with Gasteiger partial charge >= 0.3 is 11.9 Å². The Bertz CT molecular complexity index is 269. The van der Waals surface area contributed by atoms with Crippen molar-refractivity contribution in [1.29, 1.82) is 0 Å². The second-order valence-electron chi connectivity index (χ2n) is 3.17. The van der Waals surface area contributed by atoms with E-state index in [9.17, 15) is 9.59 Å². The number of hydrogen-bond acceptors (Lipinski definition) is 2. The van der Waals surface area contributed by atoms with Crippen LogP contribution >= 0.6 is 0 Å². The first-order chi connectivity index (χ1) is 6.34. The van der Waals surface area contributed by atoms with Crippen molar-refractivity contribution in [2.45, 2.75) is 20.8 Å². The lowest BCUT2D eigenvalue weighted by molar-refractivity contribution is -0.133. The predicted molar refractivity (Wildman–Crippen MR) is 51.9 cm³/mol. The molecule has 0 saturated heterocycles. The molecular formula is C10H14O4. The van der Waals surface area contributed by atoms with E-state index >= 15 is 0 Å². The van der Waals surface area contributed by atoms with E-state index in [-0.39, 0.29) is 17.1 Å². The second kappa shape index (κ2) is 5.21. The van der Waals surface area contributed by atoms with E-state index < -0.39 is 11.9 Å². The monoisotopic (exact) mass is 198 g/mol. The highest BCUT2D eigenvalue weighted by atomic mass is 16.4. The first-order valence-corrected chi connectivity index (χ1v) is 4.18. The van der Waals surface area contributed by atoms with Crippen LogP contribution in [0, 0.1) is 5.92 Å². The molecule has 0 heterocycles.